The van der Waals surface area contributed by atoms with Gasteiger partial charge >= 0.3 is 0 Å². The Bertz CT molecular complexity index is 585. The zero-order chi connectivity index (χ0) is 15.8. The Labute approximate surface area is 125 Å². The van der Waals surface area contributed by atoms with Gasteiger partial charge in [-0.05, 0) is 11.5 Å². The van der Waals surface area contributed by atoms with E-state index in [9.17, 15) is 14.4 Å². The van der Waals surface area contributed by atoms with E-state index in [2.05, 4.69) is 13.8 Å². The normalized spacial score (nSPS) is 17.7. The van der Waals surface area contributed by atoms with Gasteiger partial charge in [0.15, 0.2) is 5.78 Å². The van der Waals surface area contributed by atoms with Gasteiger partial charge in [-0.1, -0.05) is 52.0 Å². The van der Waals surface area contributed by atoms with Crippen LogP contribution in [0.15, 0.2) is 24.3 Å². The quantitative estimate of drug-likeness (QED) is 0.632. The molecule has 2 rings (SSSR count). The van der Waals surface area contributed by atoms with Gasteiger partial charge in [-0.15, -0.1) is 0 Å². The Morgan fingerprint density at radius 2 is 1.76 bits per heavy atom. The number of rotatable bonds is 4. The second-order valence-electron chi connectivity index (χ2n) is 6.55. The molecule has 1 fully saturated rings. The highest BCUT2D eigenvalue weighted by atomic mass is 16.2. The molecule has 1 aliphatic rings. The fourth-order valence-corrected chi connectivity index (χ4v) is 2.48. The minimum absolute atomic E-state index is 0.165. The van der Waals surface area contributed by atoms with Crippen molar-refractivity contribution in [3.05, 3.63) is 35.4 Å². The molecule has 0 N–H and O–H groups in total. The highest BCUT2D eigenvalue weighted by Crippen LogP contribution is 2.31. The maximum absolute atomic E-state index is 12.2. The number of Topliss-reactive ketones (excluding diaryl/α,β-unsaturated/α-hetero) is 1. The minimum Gasteiger partial charge on any atom is -0.292 e. The standard InChI is InChI=1S/C17H21NO3/c1-11(2)12-5-7-13(8-6-12)14(19)10-18-15(20)9-17(3,4)16(18)21/h5-8,11H,9-10H2,1-4H3. The van der Waals surface area contributed by atoms with E-state index in [0.29, 0.717) is 11.5 Å². The molecule has 0 unspecified atom stereocenters. The smallest absolute Gasteiger partial charge is 0.235 e. The first-order valence-corrected chi connectivity index (χ1v) is 7.20. The number of carbonyl (C=O) groups is 3. The van der Waals surface area contributed by atoms with Gasteiger partial charge in [0.1, 0.15) is 0 Å². The molecule has 0 aromatic heterocycles. The minimum atomic E-state index is -0.696. The summed E-state index contributed by atoms with van der Waals surface area (Å²) in [5.41, 5.74) is 0.990. The molecule has 112 valence electrons. The van der Waals surface area contributed by atoms with Crippen molar-refractivity contribution in [3.63, 3.8) is 0 Å². The van der Waals surface area contributed by atoms with Crippen LogP contribution in [0.1, 0.15) is 56.0 Å². The molecule has 0 spiro atoms. The molecule has 0 saturated carbocycles. The van der Waals surface area contributed by atoms with Crippen molar-refractivity contribution in [2.45, 2.75) is 40.0 Å². The van der Waals surface area contributed by atoms with Gasteiger partial charge in [0.2, 0.25) is 11.8 Å². The van der Waals surface area contributed by atoms with Crippen LogP contribution in [0, 0.1) is 5.41 Å². The molecule has 2 amide bonds. The Balaban J connectivity index is 2.11. The Morgan fingerprint density at radius 3 is 2.19 bits per heavy atom. The second kappa shape index (κ2) is 5.43. The first kappa shape index (κ1) is 15.4. The summed E-state index contributed by atoms with van der Waals surface area (Å²) in [7, 11) is 0. The zero-order valence-corrected chi connectivity index (χ0v) is 13.0. The molecular formula is C17H21NO3. The van der Waals surface area contributed by atoms with Gasteiger partial charge in [0.05, 0.1) is 12.0 Å². The lowest BCUT2D eigenvalue weighted by molar-refractivity contribution is -0.140. The summed E-state index contributed by atoms with van der Waals surface area (Å²) >= 11 is 0. The van der Waals surface area contributed by atoms with E-state index in [1.807, 2.05) is 12.1 Å². The molecule has 1 heterocycles. The Hall–Kier alpha value is -1.97. The average Bonchev–Trinajstić information content (AvgIpc) is 2.61. The summed E-state index contributed by atoms with van der Waals surface area (Å²) in [6.07, 6.45) is 0.172. The summed E-state index contributed by atoms with van der Waals surface area (Å²) in [5, 5.41) is 0. The van der Waals surface area contributed by atoms with Crippen molar-refractivity contribution >= 4 is 17.6 Å². The van der Waals surface area contributed by atoms with Crippen molar-refractivity contribution in [2.75, 3.05) is 6.54 Å². The molecule has 0 radical (unpaired) electrons. The molecule has 0 aliphatic carbocycles. The van der Waals surface area contributed by atoms with E-state index in [1.165, 1.54) is 0 Å². The molecule has 1 aromatic rings. The molecular weight excluding hydrogens is 266 g/mol. The zero-order valence-electron chi connectivity index (χ0n) is 13.0. The summed E-state index contributed by atoms with van der Waals surface area (Å²) in [6.45, 7) is 7.47. The number of hydrogen-bond acceptors (Lipinski definition) is 3. The van der Waals surface area contributed by atoms with Crippen LogP contribution in [-0.4, -0.2) is 29.0 Å². The van der Waals surface area contributed by atoms with Crippen LogP contribution in [0.4, 0.5) is 0 Å². The van der Waals surface area contributed by atoms with Crippen LogP contribution < -0.4 is 0 Å². The lowest BCUT2D eigenvalue weighted by Gasteiger charge is -2.17. The lowest BCUT2D eigenvalue weighted by Crippen LogP contribution is -2.37. The SMILES string of the molecule is CC(C)c1ccc(C(=O)CN2C(=O)CC(C)(C)C2=O)cc1. The van der Waals surface area contributed by atoms with E-state index in [-0.39, 0.29) is 30.6 Å². The first-order valence-electron chi connectivity index (χ1n) is 7.20. The van der Waals surface area contributed by atoms with Gasteiger partial charge in [0, 0.05) is 12.0 Å². The third kappa shape index (κ3) is 3.04. The number of ketones is 1. The molecule has 1 aliphatic heterocycles. The van der Waals surface area contributed by atoms with Crippen molar-refractivity contribution in [1.29, 1.82) is 0 Å². The fourth-order valence-electron chi connectivity index (χ4n) is 2.48. The number of amides is 2. The molecule has 0 bridgehead atoms. The summed E-state index contributed by atoms with van der Waals surface area (Å²) in [6, 6.07) is 7.34. The van der Waals surface area contributed by atoms with Gasteiger partial charge < -0.3 is 0 Å². The van der Waals surface area contributed by atoms with Crippen LogP contribution in [0.3, 0.4) is 0 Å². The number of benzene rings is 1. The van der Waals surface area contributed by atoms with Gasteiger partial charge in [-0.3, -0.25) is 19.3 Å². The highest BCUT2D eigenvalue weighted by Gasteiger charge is 2.45. The number of nitrogens with zero attached hydrogens (tertiary/aromatic N) is 1. The topological polar surface area (TPSA) is 54.5 Å². The van der Waals surface area contributed by atoms with Crippen molar-refractivity contribution < 1.29 is 14.4 Å². The summed E-state index contributed by atoms with van der Waals surface area (Å²) in [4.78, 5) is 37.3. The second-order valence-corrected chi connectivity index (χ2v) is 6.55. The van der Waals surface area contributed by atoms with Crippen LogP contribution in [0.25, 0.3) is 0 Å². The number of hydrogen-bond donors (Lipinski definition) is 0. The molecule has 0 atom stereocenters. The van der Waals surface area contributed by atoms with E-state index in [1.54, 1.807) is 26.0 Å². The monoisotopic (exact) mass is 287 g/mol. The Morgan fingerprint density at radius 1 is 1.19 bits per heavy atom. The van der Waals surface area contributed by atoms with Crippen molar-refractivity contribution in [2.24, 2.45) is 5.41 Å². The van der Waals surface area contributed by atoms with Crippen LogP contribution in [-0.2, 0) is 9.59 Å². The van der Waals surface area contributed by atoms with Gasteiger partial charge in [-0.25, -0.2) is 0 Å². The maximum atomic E-state index is 12.2. The van der Waals surface area contributed by atoms with Crippen LogP contribution >= 0.6 is 0 Å². The van der Waals surface area contributed by atoms with Gasteiger partial charge in [-0.2, -0.15) is 0 Å². The van der Waals surface area contributed by atoms with Crippen LogP contribution in [0.2, 0.25) is 0 Å². The van der Waals surface area contributed by atoms with Crippen LogP contribution in [0.5, 0.6) is 0 Å². The van der Waals surface area contributed by atoms with Gasteiger partial charge in [0.25, 0.3) is 0 Å². The van der Waals surface area contributed by atoms with E-state index >= 15 is 0 Å². The van der Waals surface area contributed by atoms with Crippen molar-refractivity contribution in [1.82, 2.24) is 4.90 Å². The molecule has 4 nitrogen and oxygen atoms in total. The third-order valence-electron chi connectivity index (χ3n) is 3.92. The highest BCUT2D eigenvalue weighted by molar-refractivity contribution is 6.10. The van der Waals surface area contributed by atoms with E-state index < -0.39 is 5.41 Å². The summed E-state index contributed by atoms with van der Waals surface area (Å²) < 4.78 is 0. The van der Waals surface area contributed by atoms with E-state index in [0.717, 1.165) is 10.5 Å². The summed E-state index contributed by atoms with van der Waals surface area (Å²) in [5.74, 6) is -0.335. The largest absolute Gasteiger partial charge is 0.292 e. The molecule has 21 heavy (non-hydrogen) atoms. The predicted octanol–water partition coefficient (Wildman–Crippen LogP) is 2.78. The molecule has 4 heteroatoms. The Kier molecular flexibility index (Phi) is 3.99. The number of imide groups is 1. The van der Waals surface area contributed by atoms with Crippen molar-refractivity contribution in [3.8, 4) is 0 Å². The maximum Gasteiger partial charge on any atom is 0.235 e. The number of likely N-dealkylation sites (tertiary alicyclic amines) is 1. The average molecular weight is 287 g/mol. The third-order valence-corrected chi connectivity index (χ3v) is 3.92. The fraction of sp³-hybridized carbons (Fsp3) is 0.471. The predicted molar refractivity (Wildman–Crippen MR) is 80.0 cm³/mol. The first-order chi connectivity index (χ1) is 9.72. The molecule has 1 aromatic carbocycles. The number of carbonyl (C=O) groups excluding carboxylic acids is 3. The lowest BCUT2D eigenvalue weighted by atomic mass is 9.92. The molecule has 1 saturated heterocycles. The van der Waals surface area contributed by atoms with E-state index in [4.69, 9.17) is 0 Å².